The molecule has 2 fully saturated rings. The van der Waals surface area contributed by atoms with Gasteiger partial charge in [0.25, 0.3) is 0 Å². The number of carbonyl (C=O) groups is 2. The van der Waals surface area contributed by atoms with Crippen molar-refractivity contribution in [2.75, 3.05) is 20.3 Å². The minimum atomic E-state index is -0.854. The zero-order valence-corrected chi connectivity index (χ0v) is 18.6. The Morgan fingerprint density at radius 1 is 0.933 bits per heavy atom. The Labute approximate surface area is 176 Å². The monoisotopic (exact) mass is 425 g/mol. The number of fused-ring (bicyclic) bond motifs is 1. The van der Waals surface area contributed by atoms with Crippen molar-refractivity contribution < 1.29 is 38.0 Å². The first-order valence-electron chi connectivity index (χ1n) is 10.2. The molecule has 2 saturated heterocycles. The smallest absolute Gasteiger partial charge is 0.336 e. The molecule has 3 aliphatic rings. The molecule has 0 saturated carbocycles. The maximum Gasteiger partial charge on any atom is 0.336 e. The van der Waals surface area contributed by atoms with Crippen molar-refractivity contribution in [1.82, 2.24) is 5.32 Å². The molecule has 0 aromatic heterocycles. The number of hydrogen-bond donors (Lipinski definition) is 1. The molecule has 0 spiro atoms. The summed E-state index contributed by atoms with van der Waals surface area (Å²) in [4.78, 5) is 25.9. The van der Waals surface area contributed by atoms with Gasteiger partial charge in [-0.1, -0.05) is 0 Å². The van der Waals surface area contributed by atoms with Gasteiger partial charge >= 0.3 is 11.9 Å². The van der Waals surface area contributed by atoms with Crippen LogP contribution in [-0.4, -0.2) is 62.7 Å². The number of methoxy groups -OCH3 is 1. The first kappa shape index (κ1) is 22.7. The highest BCUT2D eigenvalue weighted by Gasteiger charge is 2.60. The molecule has 3 heterocycles. The molecule has 0 aliphatic carbocycles. The molecule has 0 aromatic carbocycles. The molecule has 3 rings (SSSR count). The minimum absolute atomic E-state index is 0.199. The van der Waals surface area contributed by atoms with Crippen molar-refractivity contribution >= 4 is 11.9 Å². The number of nitrogens with one attached hydrogen (secondary N) is 1. The van der Waals surface area contributed by atoms with Gasteiger partial charge in [-0.2, -0.15) is 0 Å². The van der Waals surface area contributed by atoms with Crippen molar-refractivity contribution in [3.05, 3.63) is 22.5 Å². The van der Waals surface area contributed by atoms with Gasteiger partial charge in [0.1, 0.15) is 18.3 Å². The van der Waals surface area contributed by atoms with Gasteiger partial charge in [-0.05, 0) is 41.5 Å². The summed E-state index contributed by atoms with van der Waals surface area (Å²) < 4.78 is 34.3. The van der Waals surface area contributed by atoms with E-state index in [1.807, 2.05) is 0 Å². The fourth-order valence-electron chi connectivity index (χ4n) is 4.38. The fraction of sp³-hybridized carbons (Fsp3) is 0.714. The summed E-state index contributed by atoms with van der Waals surface area (Å²) in [5.41, 5.74) is 1.78. The Kier molecular flexibility index (Phi) is 6.57. The molecule has 0 amide bonds. The topological polar surface area (TPSA) is 102 Å². The van der Waals surface area contributed by atoms with E-state index < -0.39 is 48.2 Å². The van der Waals surface area contributed by atoms with E-state index in [4.69, 9.17) is 28.4 Å². The van der Waals surface area contributed by atoms with Crippen molar-refractivity contribution in [2.24, 2.45) is 5.92 Å². The lowest BCUT2D eigenvalue weighted by atomic mass is 9.79. The third kappa shape index (κ3) is 3.99. The first-order valence-corrected chi connectivity index (χ1v) is 10.2. The third-order valence-electron chi connectivity index (χ3n) is 5.40. The van der Waals surface area contributed by atoms with Crippen LogP contribution in [0.15, 0.2) is 22.5 Å². The van der Waals surface area contributed by atoms with Gasteiger partial charge in [-0.25, -0.2) is 9.59 Å². The number of carbonyl (C=O) groups excluding carboxylic acids is 2. The number of allylic oxidation sites excluding steroid dienone is 2. The average molecular weight is 425 g/mol. The molecule has 0 unspecified atom stereocenters. The van der Waals surface area contributed by atoms with E-state index in [1.54, 1.807) is 41.5 Å². The Morgan fingerprint density at radius 2 is 1.43 bits per heavy atom. The van der Waals surface area contributed by atoms with Crippen LogP contribution < -0.4 is 5.32 Å². The lowest BCUT2D eigenvalue weighted by molar-refractivity contribution is -0.230. The molecular weight excluding hydrogens is 394 g/mol. The fourth-order valence-corrected chi connectivity index (χ4v) is 4.38. The Bertz CT molecular complexity index is 731. The largest absolute Gasteiger partial charge is 0.463 e. The van der Waals surface area contributed by atoms with Crippen LogP contribution in [0.1, 0.15) is 41.5 Å². The normalized spacial score (nSPS) is 30.9. The average Bonchev–Trinajstić information content (AvgIpc) is 3.13. The summed E-state index contributed by atoms with van der Waals surface area (Å²) in [6.45, 7) is 11.0. The predicted octanol–water partition coefficient (Wildman–Crippen LogP) is 1.77. The van der Waals surface area contributed by atoms with Crippen LogP contribution in [0.3, 0.4) is 0 Å². The highest BCUT2D eigenvalue weighted by molar-refractivity contribution is 5.98. The molecule has 4 atom stereocenters. The quantitative estimate of drug-likeness (QED) is 0.638. The lowest BCUT2D eigenvalue weighted by Crippen LogP contribution is -2.44. The maximum atomic E-state index is 12.9. The number of ether oxygens (including phenoxy) is 6. The van der Waals surface area contributed by atoms with E-state index >= 15 is 0 Å². The summed E-state index contributed by atoms with van der Waals surface area (Å²) in [6.07, 6.45) is -2.48. The van der Waals surface area contributed by atoms with Gasteiger partial charge in [0.05, 0.1) is 30.3 Å². The summed E-state index contributed by atoms with van der Waals surface area (Å²) in [7, 11) is 1.52. The Hall–Kier alpha value is -1.94. The second-order valence-corrected chi connectivity index (χ2v) is 7.89. The highest BCUT2D eigenvalue weighted by Crippen LogP contribution is 2.46. The van der Waals surface area contributed by atoms with Gasteiger partial charge in [0.2, 0.25) is 0 Å². The van der Waals surface area contributed by atoms with Crippen molar-refractivity contribution in [1.29, 1.82) is 0 Å². The zero-order chi connectivity index (χ0) is 22.2. The SMILES string of the molecule is CCOC(=O)C1=C(C)NC(C)=C(C(=O)OCC)C1[C@H]1O[C@@H](OC)[C@@H]2OC(C)(C)O[C@@H]21. The molecule has 0 aromatic rings. The molecule has 1 N–H and O–H groups in total. The van der Waals surface area contributed by atoms with Crippen LogP contribution in [0.4, 0.5) is 0 Å². The molecule has 9 nitrogen and oxygen atoms in total. The van der Waals surface area contributed by atoms with Crippen LogP contribution in [-0.2, 0) is 38.0 Å². The summed E-state index contributed by atoms with van der Waals surface area (Å²) >= 11 is 0. The van der Waals surface area contributed by atoms with Crippen LogP contribution >= 0.6 is 0 Å². The van der Waals surface area contributed by atoms with Gasteiger partial charge in [0, 0.05) is 18.5 Å². The van der Waals surface area contributed by atoms with Crippen LogP contribution in [0.2, 0.25) is 0 Å². The third-order valence-corrected chi connectivity index (χ3v) is 5.40. The summed E-state index contributed by atoms with van der Waals surface area (Å²) in [5, 5.41) is 3.11. The van der Waals surface area contributed by atoms with Crippen LogP contribution in [0, 0.1) is 5.92 Å². The highest BCUT2D eigenvalue weighted by atomic mass is 16.8. The van der Waals surface area contributed by atoms with Crippen molar-refractivity contribution in [2.45, 2.75) is 71.9 Å². The molecule has 9 heteroatoms. The van der Waals surface area contributed by atoms with Gasteiger partial charge in [-0.3, -0.25) is 0 Å². The van der Waals surface area contributed by atoms with Gasteiger partial charge in [0.15, 0.2) is 12.1 Å². The number of esters is 2. The molecule has 0 bridgehead atoms. The predicted molar refractivity (Wildman–Crippen MR) is 105 cm³/mol. The molecular formula is C21H31NO8. The Balaban J connectivity index is 2.10. The number of dihydropyridines is 1. The van der Waals surface area contributed by atoms with Crippen LogP contribution in [0.25, 0.3) is 0 Å². The Morgan fingerprint density at radius 3 is 1.90 bits per heavy atom. The second kappa shape index (κ2) is 8.66. The zero-order valence-electron chi connectivity index (χ0n) is 18.6. The molecule has 168 valence electrons. The minimum Gasteiger partial charge on any atom is -0.463 e. The summed E-state index contributed by atoms with van der Waals surface area (Å²) in [5.74, 6) is -2.68. The molecule has 30 heavy (non-hydrogen) atoms. The number of hydrogen-bond acceptors (Lipinski definition) is 9. The molecule has 3 aliphatic heterocycles. The van der Waals surface area contributed by atoms with Crippen molar-refractivity contribution in [3.8, 4) is 0 Å². The van der Waals surface area contributed by atoms with E-state index in [2.05, 4.69) is 5.32 Å². The van der Waals surface area contributed by atoms with E-state index in [1.165, 1.54) is 7.11 Å². The second-order valence-electron chi connectivity index (χ2n) is 7.89. The van der Waals surface area contributed by atoms with Gasteiger partial charge in [-0.15, -0.1) is 0 Å². The standard InChI is InChI=1S/C21H31NO8/c1-8-26-18(23)12-10(3)22-11(4)13(19(24)27-9-2)14(12)15-16-17(20(25-7)28-15)30-21(5,6)29-16/h14-17,20,22H,8-9H2,1-7H3/t15-,16-,17-,20-/m1/s1. The number of rotatable bonds is 6. The lowest BCUT2D eigenvalue weighted by Gasteiger charge is -2.35. The van der Waals surface area contributed by atoms with Crippen LogP contribution in [0.5, 0.6) is 0 Å². The van der Waals surface area contributed by atoms with Gasteiger partial charge < -0.3 is 33.7 Å². The maximum absolute atomic E-state index is 12.9. The van der Waals surface area contributed by atoms with E-state index in [0.717, 1.165) is 0 Å². The van der Waals surface area contributed by atoms with E-state index in [-0.39, 0.29) is 13.2 Å². The van der Waals surface area contributed by atoms with Crippen molar-refractivity contribution in [3.63, 3.8) is 0 Å². The summed E-state index contributed by atoms with van der Waals surface area (Å²) in [6, 6.07) is 0. The molecule has 0 radical (unpaired) electrons. The first-order chi connectivity index (χ1) is 14.1. The van der Waals surface area contributed by atoms with E-state index in [0.29, 0.717) is 22.5 Å². The van der Waals surface area contributed by atoms with E-state index in [9.17, 15) is 9.59 Å².